The maximum atomic E-state index is 12.6. The first kappa shape index (κ1) is 18.6. The Morgan fingerprint density at radius 3 is 2.40 bits per heavy atom. The number of aromatic nitrogens is 5. The van der Waals surface area contributed by atoms with Crippen LogP contribution in [-0.2, 0) is 17.9 Å². The van der Waals surface area contributed by atoms with Crippen molar-refractivity contribution in [1.82, 2.24) is 34.6 Å². The quantitative estimate of drug-likeness (QED) is 0.659. The second-order valence-corrected chi connectivity index (χ2v) is 5.52. The van der Waals surface area contributed by atoms with Gasteiger partial charge in [0.25, 0.3) is 5.91 Å². The Kier molecular flexibility index (Phi) is 6.67. The fraction of sp³-hybridized carbons (Fsp3) is 0.562. The van der Waals surface area contributed by atoms with Crippen LogP contribution in [0.25, 0.3) is 0 Å². The molecule has 0 spiro atoms. The summed E-state index contributed by atoms with van der Waals surface area (Å²) in [6.07, 6.45) is 5.09. The molecule has 2 heterocycles. The maximum absolute atomic E-state index is 12.6. The molecule has 0 saturated carbocycles. The molecule has 136 valence electrons. The van der Waals surface area contributed by atoms with Gasteiger partial charge < -0.3 is 9.80 Å². The van der Waals surface area contributed by atoms with Crippen molar-refractivity contribution in [3.63, 3.8) is 0 Å². The molecular formula is C16H25N7O2. The van der Waals surface area contributed by atoms with E-state index in [9.17, 15) is 9.59 Å². The van der Waals surface area contributed by atoms with Gasteiger partial charge in [0, 0.05) is 38.6 Å². The van der Waals surface area contributed by atoms with Gasteiger partial charge in [-0.3, -0.25) is 14.3 Å². The summed E-state index contributed by atoms with van der Waals surface area (Å²) in [7, 11) is 0. The SMILES string of the molecule is CCN(CC)C(=O)Cn1cc(C(=O)N(CC)CCn2cccn2)nn1. The van der Waals surface area contributed by atoms with E-state index in [4.69, 9.17) is 0 Å². The lowest BCUT2D eigenvalue weighted by atomic mass is 10.3. The van der Waals surface area contributed by atoms with Crippen LogP contribution in [0.4, 0.5) is 0 Å². The number of hydrogen-bond donors (Lipinski definition) is 0. The molecular weight excluding hydrogens is 322 g/mol. The second kappa shape index (κ2) is 8.95. The lowest BCUT2D eigenvalue weighted by molar-refractivity contribution is -0.131. The molecule has 0 atom stereocenters. The molecule has 2 amide bonds. The molecule has 9 nitrogen and oxygen atoms in total. The van der Waals surface area contributed by atoms with Gasteiger partial charge in [-0.1, -0.05) is 5.21 Å². The summed E-state index contributed by atoms with van der Waals surface area (Å²) >= 11 is 0. The predicted octanol–water partition coefficient (Wildman–Crippen LogP) is 0.505. The molecule has 0 bridgehead atoms. The zero-order valence-corrected chi connectivity index (χ0v) is 15.0. The van der Waals surface area contributed by atoms with Crippen LogP contribution in [-0.4, -0.2) is 72.6 Å². The van der Waals surface area contributed by atoms with E-state index in [2.05, 4.69) is 15.4 Å². The van der Waals surface area contributed by atoms with E-state index < -0.39 is 0 Å². The highest BCUT2D eigenvalue weighted by atomic mass is 16.2. The van der Waals surface area contributed by atoms with Gasteiger partial charge in [-0.25, -0.2) is 4.68 Å². The van der Waals surface area contributed by atoms with Gasteiger partial charge in [0.15, 0.2) is 5.69 Å². The third-order valence-electron chi connectivity index (χ3n) is 4.00. The van der Waals surface area contributed by atoms with Crippen molar-refractivity contribution in [3.05, 3.63) is 30.4 Å². The Labute approximate surface area is 147 Å². The summed E-state index contributed by atoms with van der Waals surface area (Å²) in [5.41, 5.74) is 0.245. The molecule has 0 aliphatic carbocycles. The minimum absolute atomic E-state index is 0.0417. The molecule has 0 aromatic carbocycles. The van der Waals surface area contributed by atoms with Crippen LogP contribution in [0.2, 0.25) is 0 Å². The van der Waals surface area contributed by atoms with Gasteiger partial charge in [0.2, 0.25) is 5.91 Å². The number of amides is 2. The first-order chi connectivity index (χ1) is 12.1. The van der Waals surface area contributed by atoms with E-state index in [1.807, 2.05) is 33.0 Å². The minimum Gasteiger partial charge on any atom is -0.342 e. The van der Waals surface area contributed by atoms with Crippen LogP contribution >= 0.6 is 0 Å². The number of carbonyl (C=O) groups is 2. The van der Waals surface area contributed by atoms with E-state index >= 15 is 0 Å². The van der Waals surface area contributed by atoms with E-state index in [1.54, 1.807) is 20.7 Å². The van der Waals surface area contributed by atoms with Crippen LogP contribution in [0.5, 0.6) is 0 Å². The molecule has 0 radical (unpaired) electrons. The molecule has 2 aromatic heterocycles. The third-order valence-corrected chi connectivity index (χ3v) is 4.00. The van der Waals surface area contributed by atoms with Gasteiger partial charge in [-0.05, 0) is 26.8 Å². The Hall–Kier alpha value is -2.71. The third kappa shape index (κ3) is 4.88. The zero-order chi connectivity index (χ0) is 18.2. The zero-order valence-electron chi connectivity index (χ0n) is 15.0. The fourth-order valence-electron chi connectivity index (χ4n) is 2.51. The standard InChI is InChI=1S/C16H25N7O2/c1-4-20(5-2)15(24)13-23-12-14(18-19-23)16(25)21(6-3)10-11-22-9-7-8-17-22/h7-9,12H,4-6,10-11,13H2,1-3H3. The summed E-state index contributed by atoms with van der Waals surface area (Å²) in [4.78, 5) is 28.1. The average molecular weight is 347 g/mol. The van der Waals surface area contributed by atoms with Gasteiger partial charge in [0.05, 0.1) is 12.7 Å². The molecule has 9 heteroatoms. The van der Waals surface area contributed by atoms with Crippen LogP contribution in [0.3, 0.4) is 0 Å². The van der Waals surface area contributed by atoms with E-state index in [0.717, 1.165) is 0 Å². The molecule has 25 heavy (non-hydrogen) atoms. The lowest BCUT2D eigenvalue weighted by Crippen LogP contribution is -2.34. The van der Waals surface area contributed by atoms with E-state index in [0.29, 0.717) is 32.7 Å². The van der Waals surface area contributed by atoms with Crippen LogP contribution in [0.1, 0.15) is 31.3 Å². The number of hydrogen-bond acceptors (Lipinski definition) is 5. The van der Waals surface area contributed by atoms with Crippen molar-refractivity contribution in [2.75, 3.05) is 26.2 Å². The number of likely N-dealkylation sites (N-methyl/N-ethyl adjacent to an activating group) is 2. The largest absolute Gasteiger partial charge is 0.342 e. The summed E-state index contributed by atoms with van der Waals surface area (Å²) in [5, 5.41) is 12.0. The van der Waals surface area contributed by atoms with Crippen LogP contribution < -0.4 is 0 Å². The Bertz CT molecular complexity index is 676. The van der Waals surface area contributed by atoms with Crippen molar-refractivity contribution in [2.24, 2.45) is 0 Å². The van der Waals surface area contributed by atoms with Crippen molar-refractivity contribution >= 4 is 11.8 Å². The highest BCUT2D eigenvalue weighted by Gasteiger charge is 2.19. The van der Waals surface area contributed by atoms with Gasteiger partial charge in [-0.15, -0.1) is 5.10 Å². The molecule has 0 N–H and O–H groups in total. The summed E-state index contributed by atoms with van der Waals surface area (Å²) in [6, 6.07) is 1.84. The number of carbonyl (C=O) groups excluding carboxylic acids is 2. The van der Waals surface area contributed by atoms with E-state index in [1.165, 1.54) is 10.9 Å². The monoisotopic (exact) mass is 347 g/mol. The number of rotatable bonds is 9. The molecule has 0 unspecified atom stereocenters. The molecule has 0 aliphatic rings. The molecule has 0 aliphatic heterocycles. The normalized spacial score (nSPS) is 10.7. The smallest absolute Gasteiger partial charge is 0.276 e. The maximum Gasteiger partial charge on any atom is 0.276 e. The lowest BCUT2D eigenvalue weighted by Gasteiger charge is -2.19. The Balaban J connectivity index is 1.96. The Morgan fingerprint density at radius 1 is 1.08 bits per heavy atom. The van der Waals surface area contributed by atoms with Crippen LogP contribution in [0, 0.1) is 0 Å². The molecule has 0 saturated heterocycles. The number of nitrogens with zero attached hydrogens (tertiary/aromatic N) is 7. The highest BCUT2D eigenvalue weighted by Crippen LogP contribution is 2.03. The predicted molar refractivity (Wildman–Crippen MR) is 91.8 cm³/mol. The van der Waals surface area contributed by atoms with Crippen LogP contribution in [0.15, 0.2) is 24.7 Å². The average Bonchev–Trinajstić information content (AvgIpc) is 3.28. The highest BCUT2D eigenvalue weighted by molar-refractivity contribution is 5.92. The van der Waals surface area contributed by atoms with Gasteiger partial charge in [0.1, 0.15) is 6.54 Å². The first-order valence-electron chi connectivity index (χ1n) is 8.53. The first-order valence-corrected chi connectivity index (χ1v) is 8.53. The van der Waals surface area contributed by atoms with E-state index in [-0.39, 0.29) is 24.1 Å². The van der Waals surface area contributed by atoms with Gasteiger partial charge >= 0.3 is 0 Å². The molecule has 2 aromatic rings. The van der Waals surface area contributed by atoms with Crippen molar-refractivity contribution in [2.45, 2.75) is 33.9 Å². The summed E-state index contributed by atoms with van der Waals surface area (Å²) < 4.78 is 3.19. The van der Waals surface area contributed by atoms with Gasteiger partial charge in [-0.2, -0.15) is 5.10 Å². The van der Waals surface area contributed by atoms with Crippen molar-refractivity contribution in [1.29, 1.82) is 0 Å². The summed E-state index contributed by atoms with van der Waals surface area (Å²) in [6.45, 7) is 8.85. The second-order valence-electron chi connectivity index (χ2n) is 5.52. The molecule has 2 rings (SSSR count). The minimum atomic E-state index is -0.198. The molecule has 0 fully saturated rings. The topological polar surface area (TPSA) is 89.2 Å². The van der Waals surface area contributed by atoms with Crippen molar-refractivity contribution < 1.29 is 9.59 Å². The van der Waals surface area contributed by atoms with Crippen molar-refractivity contribution in [3.8, 4) is 0 Å². The Morgan fingerprint density at radius 2 is 1.80 bits per heavy atom. The fourth-order valence-corrected chi connectivity index (χ4v) is 2.51. The summed E-state index contributed by atoms with van der Waals surface area (Å²) in [5.74, 6) is -0.240.